The molecule has 1 fully saturated rings. The predicted octanol–water partition coefficient (Wildman–Crippen LogP) is 1.64. The Bertz CT molecular complexity index is 324. The Morgan fingerprint density at radius 1 is 1.62 bits per heavy atom. The molecule has 0 saturated carbocycles. The van der Waals surface area contributed by atoms with Crippen molar-refractivity contribution in [3.05, 3.63) is 18.3 Å². The Labute approximate surface area is 96.4 Å². The van der Waals surface area contributed by atoms with Crippen LogP contribution in [0.4, 0.5) is 5.69 Å². The van der Waals surface area contributed by atoms with Gasteiger partial charge in [-0.05, 0) is 31.9 Å². The van der Waals surface area contributed by atoms with Gasteiger partial charge in [-0.2, -0.15) is 0 Å². The molecule has 4 heteroatoms. The average Bonchev–Trinajstić information content (AvgIpc) is 2.82. The first-order chi connectivity index (χ1) is 7.88. The molecule has 16 heavy (non-hydrogen) atoms. The fourth-order valence-electron chi connectivity index (χ4n) is 2.02. The summed E-state index contributed by atoms with van der Waals surface area (Å²) in [4.78, 5) is 4.07. The van der Waals surface area contributed by atoms with E-state index in [1.165, 1.54) is 25.8 Å². The minimum atomic E-state index is 0.656. The summed E-state index contributed by atoms with van der Waals surface area (Å²) in [5.74, 6) is 0.656. The van der Waals surface area contributed by atoms with E-state index in [1.54, 1.807) is 13.3 Å². The molecule has 0 radical (unpaired) electrons. The summed E-state index contributed by atoms with van der Waals surface area (Å²) in [7, 11) is 1.63. The van der Waals surface area contributed by atoms with Gasteiger partial charge in [-0.25, -0.2) is 4.98 Å². The van der Waals surface area contributed by atoms with Crippen molar-refractivity contribution in [3.63, 3.8) is 0 Å². The first kappa shape index (κ1) is 11.2. The number of ether oxygens (including phenoxy) is 1. The molecule has 1 atom stereocenters. The van der Waals surface area contributed by atoms with E-state index in [-0.39, 0.29) is 0 Å². The van der Waals surface area contributed by atoms with E-state index in [1.807, 2.05) is 12.1 Å². The molecular weight excluding hydrogens is 202 g/mol. The molecule has 2 heterocycles. The van der Waals surface area contributed by atoms with Crippen LogP contribution in [0.5, 0.6) is 5.88 Å². The highest BCUT2D eigenvalue weighted by atomic mass is 16.5. The maximum absolute atomic E-state index is 5.07. The quantitative estimate of drug-likeness (QED) is 0.793. The zero-order valence-electron chi connectivity index (χ0n) is 9.70. The number of rotatable bonds is 5. The highest BCUT2D eigenvalue weighted by Crippen LogP contribution is 2.14. The van der Waals surface area contributed by atoms with Gasteiger partial charge in [0.15, 0.2) is 0 Å². The number of methoxy groups -OCH3 is 1. The van der Waals surface area contributed by atoms with Crippen molar-refractivity contribution in [2.75, 3.05) is 25.5 Å². The number of nitrogens with zero attached hydrogens (tertiary/aromatic N) is 1. The van der Waals surface area contributed by atoms with E-state index >= 15 is 0 Å². The van der Waals surface area contributed by atoms with Crippen molar-refractivity contribution in [2.24, 2.45) is 0 Å². The van der Waals surface area contributed by atoms with Crippen LogP contribution in [0.15, 0.2) is 18.3 Å². The second-order valence-corrected chi connectivity index (χ2v) is 4.10. The number of hydrogen-bond acceptors (Lipinski definition) is 4. The van der Waals surface area contributed by atoms with Crippen LogP contribution in [0.3, 0.4) is 0 Å². The summed E-state index contributed by atoms with van der Waals surface area (Å²) in [6, 6.07) is 4.57. The van der Waals surface area contributed by atoms with E-state index in [2.05, 4.69) is 15.6 Å². The molecule has 1 aliphatic rings. The lowest BCUT2D eigenvalue weighted by Crippen LogP contribution is -2.24. The van der Waals surface area contributed by atoms with Crippen molar-refractivity contribution in [1.82, 2.24) is 10.3 Å². The van der Waals surface area contributed by atoms with Crippen LogP contribution in [-0.2, 0) is 0 Å². The van der Waals surface area contributed by atoms with Gasteiger partial charge in [0.05, 0.1) is 7.11 Å². The zero-order chi connectivity index (χ0) is 11.2. The molecule has 2 rings (SSSR count). The fourth-order valence-corrected chi connectivity index (χ4v) is 2.02. The van der Waals surface area contributed by atoms with Crippen molar-refractivity contribution in [2.45, 2.75) is 25.3 Å². The highest BCUT2D eigenvalue weighted by Gasteiger charge is 2.12. The lowest BCUT2D eigenvalue weighted by atomic mass is 10.1. The van der Waals surface area contributed by atoms with Gasteiger partial charge >= 0.3 is 0 Å². The second kappa shape index (κ2) is 5.70. The number of anilines is 1. The fraction of sp³-hybridized carbons (Fsp3) is 0.583. The van der Waals surface area contributed by atoms with Gasteiger partial charge in [-0.1, -0.05) is 0 Å². The average molecular weight is 221 g/mol. The first-order valence-electron chi connectivity index (χ1n) is 5.86. The van der Waals surface area contributed by atoms with Crippen LogP contribution in [0.1, 0.15) is 19.3 Å². The van der Waals surface area contributed by atoms with E-state index in [4.69, 9.17) is 4.74 Å². The number of pyridine rings is 1. The Morgan fingerprint density at radius 3 is 3.31 bits per heavy atom. The van der Waals surface area contributed by atoms with Gasteiger partial charge in [0.1, 0.15) is 0 Å². The molecule has 1 saturated heterocycles. The molecule has 1 aromatic heterocycles. The summed E-state index contributed by atoms with van der Waals surface area (Å²) in [5, 5.41) is 6.87. The molecule has 0 unspecified atom stereocenters. The van der Waals surface area contributed by atoms with Gasteiger partial charge in [0.2, 0.25) is 5.88 Å². The topological polar surface area (TPSA) is 46.2 Å². The van der Waals surface area contributed by atoms with E-state index in [9.17, 15) is 0 Å². The maximum atomic E-state index is 5.07. The summed E-state index contributed by atoms with van der Waals surface area (Å²) >= 11 is 0. The Kier molecular flexibility index (Phi) is 3.99. The minimum Gasteiger partial charge on any atom is -0.481 e. The molecule has 0 bridgehead atoms. The first-order valence-corrected chi connectivity index (χ1v) is 5.86. The SMILES string of the molecule is COc1cc(NCC[C@@H]2CCCN2)ccn1. The standard InChI is InChI=1S/C12H19N3O/c1-16-12-9-11(5-8-15-12)14-7-4-10-3-2-6-13-10/h5,8-10,13H,2-4,6-7H2,1H3,(H,14,15)/t10-/m0/s1. The summed E-state index contributed by atoms with van der Waals surface area (Å²) in [6.45, 7) is 2.17. The van der Waals surface area contributed by atoms with Crippen molar-refractivity contribution >= 4 is 5.69 Å². The van der Waals surface area contributed by atoms with Crippen LogP contribution in [0, 0.1) is 0 Å². The van der Waals surface area contributed by atoms with Crippen LogP contribution in [-0.4, -0.2) is 31.2 Å². The summed E-state index contributed by atoms with van der Waals surface area (Å²) in [6.07, 6.45) is 5.55. The monoisotopic (exact) mass is 221 g/mol. The molecule has 0 aromatic carbocycles. The van der Waals surface area contributed by atoms with Gasteiger partial charge in [-0.15, -0.1) is 0 Å². The van der Waals surface area contributed by atoms with Gasteiger partial charge in [0.25, 0.3) is 0 Å². The number of hydrogen-bond donors (Lipinski definition) is 2. The normalized spacial score (nSPS) is 19.7. The predicted molar refractivity (Wildman–Crippen MR) is 64.9 cm³/mol. The Hall–Kier alpha value is -1.29. The second-order valence-electron chi connectivity index (χ2n) is 4.10. The molecule has 4 nitrogen and oxygen atoms in total. The lowest BCUT2D eigenvalue weighted by molar-refractivity contribution is 0.398. The molecule has 0 spiro atoms. The van der Waals surface area contributed by atoms with Crippen molar-refractivity contribution < 1.29 is 4.74 Å². The molecule has 1 aliphatic heterocycles. The van der Waals surface area contributed by atoms with Crippen molar-refractivity contribution in [1.29, 1.82) is 0 Å². The van der Waals surface area contributed by atoms with Gasteiger partial charge in [-0.3, -0.25) is 0 Å². The Morgan fingerprint density at radius 2 is 2.56 bits per heavy atom. The van der Waals surface area contributed by atoms with Gasteiger partial charge < -0.3 is 15.4 Å². The highest BCUT2D eigenvalue weighted by molar-refractivity contribution is 5.44. The third-order valence-corrected chi connectivity index (χ3v) is 2.93. The smallest absolute Gasteiger partial charge is 0.214 e. The van der Waals surface area contributed by atoms with Crippen molar-refractivity contribution in [3.8, 4) is 5.88 Å². The largest absolute Gasteiger partial charge is 0.481 e. The third-order valence-electron chi connectivity index (χ3n) is 2.93. The minimum absolute atomic E-state index is 0.656. The summed E-state index contributed by atoms with van der Waals surface area (Å²) in [5.41, 5.74) is 1.07. The molecule has 0 aliphatic carbocycles. The van der Waals surface area contributed by atoms with E-state index in [0.717, 1.165) is 12.2 Å². The maximum Gasteiger partial charge on any atom is 0.214 e. The lowest BCUT2D eigenvalue weighted by Gasteiger charge is -2.11. The van der Waals surface area contributed by atoms with E-state index in [0.29, 0.717) is 11.9 Å². The number of aromatic nitrogens is 1. The van der Waals surface area contributed by atoms with Gasteiger partial charge in [0, 0.05) is 30.5 Å². The summed E-state index contributed by atoms with van der Waals surface area (Å²) < 4.78 is 5.07. The van der Waals surface area contributed by atoms with Crippen LogP contribution in [0.25, 0.3) is 0 Å². The molecule has 1 aromatic rings. The van der Waals surface area contributed by atoms with Crippen LogP contribution >= 0.6 is 0 Å². The van der Waals surface area contributed by atoms with Crippen LogP contribution < -0.4 is 15.4 Å². The third kappa shape index (κ3) is 3.10. The molecule has 0 amide bonds. The molecule has 88 valence electrons. The zero-order valence-corrected chi connectivity index (χ0v) is 9.70. The molecular formula is C12H19N3O. The Balaban J connectivity index is 1.75. The number of nitrogens with one attached hydrogen (secondary N) is 2. The van der Waals surface area contributed by atoms with E-state index < -0.39 is 0 Å². The molecule has 2 N–H and O–H groups in total. The van der Waals surface area contributed by atoms with Crippen LogP contribution in [0.2, 0.25) is 0 Å².